The molecule has 0 spiro atoms. The summed E-state index contributed by atoms with van der Waals surface area (Å²) in [7, 11) is 1.50. The number of carbonyl (C=O) groups excluding carboxylic acids is 1. The third-order valence-corrected chi connectivity index (χ3v) is 7.84. The van der Waals surface area contributed by atoms with Crippen molar-refractivity contribution in [3.8, 4) is 11.1 Å². The van der Waals surface area contributed by atoms with E-state index in [1.165, 1.54) is 26.2 Å². The van der Waals surface area contributed by atoms with E-state index in [4.69, 9.17) is 9.47 Å². The number of hydrogen-bond donors (Lipinski definition) is 2. The van der Waals surface area contributed by atoms with Gasteiger partial charge in [0, 0.05) is 5.56 Å². The number of halogens is 3. The molecule has 4 rings (SSSR count). The summed E-state index contributed by atoms with van der Waals surface area (Å²) in [5.41, 5.74) is 2.51. The van der Waals surface area contributed by atoms with Crippen LogP contribution in [0.15, 0.2) is 78.5 Å². The lowest BCUT2D eigenvalue weighted by atomic mass is 9.93. The van der Waals surface area contributed by atoms with Crippen molar-refractivity contribution >= 4 is 17.8 Å². The van der Waals surface area contributed by atoms with Crippen LogP contribution in [0.2, 0.25) is 0 Å². The first-order valence-corrected chi connectivity index (χ1v) is 13.8. The molecular weight excluding hydrogens is 547 g/mol. The van der Waals surface area contributed by atoms with E-state index in [1.807, 2.05) is 62.4 Å². The molecule has 0 aromatic heterocycles. The number of aliphatic carboxylic acids is 1. The summed E-state index contributed by atoms with van der Waals surface area (Å²) in [5.74, 6) is -0.488. The van der Waals surface area contributed by atoms with Crippen LogP contribution >= 0.6 is 0 Å². The second-order valence-electron chi connectivity index (χ2n) is 10.6. The molecule has 3 aromatic carbocycles. The lowest BCUT2D eigenvalue weighted by Crippen LogP contribution is -2.29. The Kier molecular flexibility index (Phi) is 8.99. The normalized spacial score (nSPS) is 16.1. The van der Waals surface area contributed by atoms with Crippen LogP contribution in [0.5, 0.6) is 0 Å². The Bertz CT molecular complexity index is 1460. The fourth-order valence-corrected chi connectivity index (χ4v) is 4.87. The minimum absolute atomic E-state index is 0.132. The Hall–Kier alpha value is -4.27. The van der Waals surface area contributed by atoms with Crippen LogP contribution in [0.25, 0.3) is 16.9 Å². The molecule has 1 unspecified atom stereocenters. The number of ether oxygens (including phenoxy) is 2. The molecule has 1 aliphatic carbocycles. The summed E-state index contributed by atoms with van der Waals surface area (Å²) >= 11 is 0. The summed E-state index contributed by atoms with van der Waals surface area (Å²) in [6.07, 6.45) is -4.27. The minimum atomic E-state index is -4.50. The van der Waals surface area contributed by atoms with E-state index in [2.05, 4.69) is 5.32 Å². The van der Waals surface area contributed by atoms with Crippen molar-refractivity contribution in [2.24, 2.45) is 5.92 Å². The number of rotatable bonds is 10. The maximum atomic E-state index is 13.1. The smallest absolute Gasteiger partial charge is 0.416 e. The molecule has 2 N–H and O–H groups in total. The number of carbonyl (C=O) groups is 2. The van der Waals surface area contributed by atoms with E-state index in [0.29, 0.717) is 36.3 Å². The van der Waals surface area contributed by atoms with E-state index in [-0.39, 0.29) is 11.5 Å². The van der Waals surface area contributed by atoms with Crippen molar-refractivity contribution in [2.75, 3.05) is 7.11 Å². The minimum Gasteiger partial charge on any atom is -0.494 e. The Morgan fingerprint density at radius 3 is 2.07 bits per heavy atom. The number of carboxylic acid groups (broad SMARTS) is 1. The van der Waals surface area contributed by atoms with Crippen LogP contribution in [0, 0.1) is 5.92 Å². The number of allylic oxidation sites excluding steroid dienone is 1. The molecule has 2 atom stereocenters. The maximum absolute atomic E-state index is 13.1. The van der Waals surface area contributed by atoms with Gasteiger partial charge in [-0.05, 0) is 66.5 Å². The SMILES string of the molecule is CCC(C)/C(NC(=O)O[C@H](C)c1cccc(C(F)(F)F)c1)=C(\OC)c1ccc(-c2ccc(C3(C(=O)O)CC3)cc2)cc1. The van der Waals surface area contributed by atoms with Crippen LogP contribution < -0.4 is 5.32 Å². The van der Waals surface area contributed by atoms with E-state index >= 15 is 0 Å². The second kappa shape index (κ2) is 12.3. The van der Waals surface area contributed by atoms with Crippen LogP contribution in [0.1, 0.15) is 68.4 Å². The average Bonchev–Trinajstić information content (AvgIpc) is 3.79. The number of alkyl carbamates (subject to hydrolysis) is 1. The monoisotopic (exact) mass is 581 g/mol. The van der Waals surface area contributed by atoms with E-state index in [0.717, 1.165) is 28.8 Å². The Balaban J connectivity index is 1.53. The number of carboxylic acids is 1. The van der Waals surface area contributed by atoms with Gasteiger partial charge in [0.25, 0.3) is 0 Å². The van der Waals surface area contributed by atoms with Gasteiger partial charge < -0.3 is 14.6 Å². The van der Waals surface area contributed by atoms with Crippen LogP contribution in [-0.2, 0) is 25.9 Å². The standard InChI is InChI=1S/C33H34F3NO5/c1-5-20(2)28(37-31(40)42-21(3)25-7-6-8-27(19-25)33(34,35)36)29(41-4)24-11-9-22(10-12-24)23-13-15-26(16-14-23)32(17-18-32)30(38)39/h6-16,19-21H,5,17-18H2,1-4H3,(H,37,40)(H,38,39)/b29-28+/t20?,21-/m1/s1. The van der Waals surface area contributed by atoms with Gasteiger partial charge in [-0.1, -0.05) is 74.5 Å². The van der Waals surface area contributed by atoms with E-state index < -0.39 is 35.3 Å². The second-order valence-corrected chi connectivity index (χ2v) is 10.6. The lowest BCUT2D eigenvalue weighted by molar-refractivity contribution is -0.140. The number of alkyl halides is 3. The highest BCUT2D eigenvalue weighted by molar-refractivity contribution is 5.85. The topological polar surface area (TPSA) is 84.9 Å². The summed E-state index contributed by atoms with van der Waals surface area (Å²) in [4.78, 5) is 24.5. The molecule has 0 aliphatic heterocycles. The molecule has 1 amide bonds. The van der Waals surface area contributed by atoms with Gasteiger partial charge in [0.05, 0.1) is 23.8 Å². The van der Waals surface area contributed by atoms with Gasteiger partial charge in [-0.25, -0.2) is 4.79 Å². The fraction of sp³-hybridized carbons (Fsp3) is 0.333. The third-order valence-electron chi connectivity index (χ3n) is 7.84. The first-order valence-electron chi connectivity index (χ1n) is 13.8. The fourth-order valence-electron chi connectivity index (χ4n) is 4.87. The van der Waals surface area contributed by atoms with Gasteiger partial charge in [0.1, 0.15) is 11.9 Å². The van der Waals surface area contributed by atoms with Crippen molar-refractivity contribution < 1.29 is 37.3 Å². The number of methoxy groups -OCH3 is 1. The summed E-state index contributed by atoms with van der Waals surface area (Å²) in [6.45, 7) is 5.39. The van der Waals surface area contributed by atoms with Crippen molar-refractivity contribution in [2.45, 2.75) is 57.7 Å². The average molecular weight is 582 g/mol. The first-order chi connectivity index (χ1) is 19.9. The number of amides is 1. The largest absolute Gasteiger partial charge is 0.494 e. The third kappa shape index (κ3) is 6.61. The van der Waals surface area contributed by atoms with Gasteiger partial charge in [0.15, 0.2) is 0 Å². The molecule has 1 fully saturated rings. The van der Waals surface area contributed by atoms with Gasteiger partial charge in [-0.3, -0.25) is 10.1 Å². The quantitative estimate of drug-likeness (QED) is 0.235. The number of hydrogen-bond acceptors (Lipinski definition) is 4. The van der Waals surface area contributed by atoms with E-state index in [9.17, 15) is 27.9 Å². The molecule has 9 heteroatoms. The van der Waals surface area contributed by atoms with Gasteiger partial charge in [0.2, 0.25) is 0 Å². The molecule has 3 aromatic rings. The van der Waals surface area contributed by atoms with Crippen molar-refractivity contribution in [3.63, 3.8) is 0 Å². The molecule has 0 heterocycles. The molecule has 222 valence electrons. The molecular formula is C33H34F3NO5. The van der Waals surface area contributed by atoms with Crippen molar-refractivity contribution in [1.29, 1.82) is 0 Å². The van der Waals surface area contributed by atoms with Gasteiger partial charge in [-0.2, -0.15) is 13.2 Å². The van der Waals surface area contributed by atoms with Gasteiger partial charge in [-0.15, -0.1) is 0 Å². The van der Waals surface area contributed by atoms with Crippen LogP contribution in [0.3, 0.4) is 0 Å². The Labute approximate surface area is 243 Å². The van der Waals surface area contributed by atoms with E-state index in [1.54, 1.807) is 0 Å². The zero-order valence-electron chi connectivity index (χ0n) is 23.9. The highest BCUT2D eigenvalue weighted by Crippen LogP contribution is 2.48. The van der Waals surface area contributed by atoms with Crippen molar-refractivity contribution in [1.82, 2.24) is 5.32 Å². The predicted molar refractivity (Wildman–Crippen MR) is 153 cm³/mol. The van der Waals surface area contributed by atoms with Gasteiger partial charge >= 0.3 is 18.2 Å². The molecule has 0 saturated heterocycles. The number of benzene rings is 3. The zero-order chi connectivity index (χ0) is 30.7. The molecule has 1 aliphatic rings. The zero-order valence-corrected chi connectivity index (χ0v) is 23.9. The molecule has 0 radical (unpaired) electrons. The molecule has 0 bridgehead atoms. The Morgan fingerprint density at radius 1 is 0.976 bits per heavy atom. The predicted octanol–water partition coefficient (Wildman–Crippen LogP) is 8.34. The van der Waals surface area contributed by atoms with Crippen molar-refractivity contribution in [3.05, 3.63) is 101 Å². The summed E-state index contributed by atoms with van der Waals surface area (Å²) in [5, 5.41) is 12.3. The number of nitrogens with one attached hydrogen (secondary N) is 1. The molecule has 6 nitrogen and oxygen atoms in total. The Morgan fingerprint density at radius 2 is 1.57 bits per heavy atom. The van der Waals surface area contributed by atoms with Crippen LogP contribution in [0.4, 0.5) is 18.0 Å². The first kappa shape index (κ1) is 30.7. The molecule has 1 saturated carbocycles. The van der Waals surface area contributed by atoms with Crippen LogP contribution in [-0.4, -0.2) is 24.3 Å². The molecule has 42 heavy (non-hydrogen) atoms. The summed E-state index contributed by atoms with van der Waals surface area (Å²) in [6, 6.07) is 19.8. The maximum Gasteiger partial charge on any atom is 0.416 e. The highest BCUT2D eigenvalue weighted by atomic mass is 19.4. The highest BCUT2D eigenvalue weighted by Gasteiger charge is 2.51. The summed E-state index contributed by atoms with van der Waals surface area (Å²) < 4.78 is 50.6. The lowest BCUT2D eigenvalue weighted by Gasteiger charge is -2.22.